The molecule has 2 unspecified atom stereocenters. The number of para-hydroxylation sites is 1. The summed E-state index contributed by atoms with van der Waals surface area (Å²) in [5.41, 5.74) is 2.71. The molecule has 3 nitrogen and oxygen atoms in total. The number of hydrogen-bond donors (Lipinski definition) is 1. The third kappa shape index (κ3) is 0.989. The first-order valence-corrected chi connectivity index (χ1v) is 8.87. The lowest BCUT2D eigenvalue weighted by atomic mass is 9.41. The van der Waals surface area contributed by atoms with Gasteiger partial charge in [0.05, 0.1) is 0 Å². The maximum absolute atomic E-state index is 13.3. The minimum absolute atomic E-state index is 0.0532. The van der Waals surface area contributed by atoms with E-state index in [0.29, 0.717) is 11.8 Å². The van der Waals surface area contributed by atoms with Crippen molar-refractivity contribution in [1.82, 2.24) is 4.90 Å². The molecular weight excluding hydrogens is 272 g/mol. The number of hydrogen-bond acceptors (Lipinski definition) is 3. The average Bonchev–Trinajstić information content (AvgIpc) is 3.07. The molecule has 2 saturated heterocycles. The predicted molar refractivity (Wildman–Crippen MR) is 85.0 cm³/mol. The Labute approximate surface area is 131 Å². The van der Waals surface area contributed by atoms with E-state index in [4.69, 9.17) is 0 Å². The minimum Gasteiger partial charge on any atom is -0.372 e. The highest BCUT2D eigenvalue weighted by Gasteiger charge is 2.78. The number of Topliss-reactive ketones (excluding diaryl/α,β-unsaturated/α-hetero) is 1. The van der Waals surface area contributed by atoms with Crippen molar-refractivity contribution in [3.63, 3.8) is 0 Å². The van der Waals surface area contributed by atoms with Crippen LogP contribution in [0.5, 0.6) is 0 Å². The number of fused-ring (bicyclic) bond motifs is 3. The van der Waals surface area contributed by atoms with E-state index in [1.807, 2.05) is 0 Å². The number of rotatable bonds is 0. The van der Waals surface area contributed by atoms with Crippen molar-refractivity contribution >= 4 is 11.5 Å². The highest BCUT2D eigenvalue weighted by Crippen LogP contribution is 2.71. The summed E-state index contributed by atoms with van der Waals surface area (Å²) in [6.07, 6.45) is 6.81. The van der Waals surface area contributed by atoms with Gasteiger partial charge in [-0.05, 0) is 62.2 Å². The summed E-state index contributed by atoms with van der Waals surface area (Å²) in [5.74, 6) is 0.509. The lowest BCUT2D eigenvalue weighted by Gasteiger charge is -2.65. The van der Waals surface area contributed by atoms with Crippen LogP contribution >= 0.6 is 0 Å². The van der Waals surface area contributed by atoms with Gasteiger partial charge in [-0.2, -0.15) is 0 Å². The van der Waals surface area contributed by atoms with Crippen LogP contribution in [0.15, 0.2) is 24.3 Å². The molecule has 1 aromatic carbocycles. The summed E-state index contributed by atoms with van der Waals surface area (Å²) >= 11 is 0. The molecule has 0 amide bonds. The predicted octanol–water partition coefficient (Wildman–Crippen LogP) is 2.71. The zero-order valence-corrected chi connectivity index (χ0v) is 12.9. The molecule has 1 aromatic rings. The molecule has 2 bridgehead atoms. The Hall–Kier alpha value is -1.35. The van der Waals surface area contributed by atoms with Gasteiger partial charge >= 0.3 is 0 Å². The highest BCUT2D eigenvalue weighted by atomic mass is 16.1. The second-order valence-electron chi connectivity index (χ2n) is 8.30. The largest absolute Gasteiger partial charge is 0.372 e. The van der Waals surface area contributed by atoms with E-state index < -0.39 is 0 Å². The number of anilines is 1. The van der Waals surface area contributed by atoms with Crippen molar-refractivity contribution < 1.29 is 4.79 Å². The fraction of sp³-hybridized carbons (Fsp3) is 0.632. The molecule has 22 heavy (non-hydrogen) atoms. The number of carbonyl (C=O) groups excluding carboxylic acids is 1. The van der Waals surface area contributed by atoms with Crippen LogP contribution in [0.2, 0.25) is 0 Å². The molecule has 3 spiro atoms. The molecule has 114 valence electrons. The Kier molecular flexibility index (Phi) is 1.89. The van der Waals surface area contributed by atoms with Crippen molar-refractivity contribution in [2.24, 2.45) is 5.41 Å². The van der Waals surface area contributed by atoms with Gasteiger partial charge in [0.15, 0.2) is 5.78 Å². The van der Waals surface area contributed by atoms with Gasteiger partial charge < -0.3 is 5.32 Å². The minimum atomic E-state index is -0.296. The van der Waals surface area contributed by atoms with Crippen LogP contribution in [-0.2, 0) is 10.2 Å². The first-order valence-electron chi connectivity index (χ1n) is 8.87. The monoisotopic (exact) mass is 294 g/mol. The first kappa shape index (κ1) is 12.1. The topological polar surface area (TPSA) is 32.3 Å². The molecule has 0 radical (unpaired) electrons. The second-order valence-corrected chi connectivity index (χ2v) is 8.30. The van der Waals surface area contributed by atoms with Gasteiger partial charge in [-0.25, -0.2) is 0 Å². The standard InChI is InChI=1S/C19H22N2O/c22-15-12-17-6-3-10-21-11-9-18(16(17)21)13-4-1-2-5-14(13)20-19(15,18)8-7-17/h1-2,4-5,16,20H,3,6-12H2/t16-,17?,18+,19?/m0/s1. The van der Waals surface area contributed by atoms with E-state index in [1.54, 1.807) is 0 Å². The summed E-state index contributed by atoms with van der Waals surface area (Å²) in [6.45, 7) is 2.41. The molecule has 3 aliphatic carbocycles. The average molecular weight is 294 g/mol. The Balaban J connectivity index is 1.70. The third-order valence-corrected chi connectivity index (χ3v) is 7.83. The van der Waals surface area contributed by atoms with E-state index in [1.165, 1.54) is 43.6 Å². The Morgan fingerprint density at radius 1 is 1.09 bits per heavy atom. The second kappa shape index (κ2) is 3.43. The molecule has 7 rings (SSSR count). The van der Waals surface area contributed by atoms with Gasteiger partial charge in [-0.1, -0.05) is 18.2 Å². The number of benzene rings is 1. The van der Waals surface area contributed by atoms with Crippen LogP contribution in [0.25, 0.3) is 0 Å². The Morgan fingerprint density at radius 2 is 2.00 bits per heavy atom. The van der Waals surface area contributed by atoms with Crippen molar-refractivity contribution in [3.8, 4) is 0 Å². The molecule has 3 saturated carbocycles. The molecule has 3 heteroatoms. The number of piperidine rings is 1. The molecule has 3 heterocycles. The summed E-state index contributed by atoms with van der Waals surface area (Å²) in [4.78, 5) is 16.0. The summed E-state index contributed by atoms with van der Waals surface area (Å²) in [6, 6.07) is 9.36. The molecule has 5 fully saturated rings. The Bertz CT molecular complexity index is 715. The summed E-state index contributed by atoms with van der Waals surface area (Å²) < 4.78 is 0. The molecule has 0 aromatic heterocycles. The van der Waals surface area contributed by atoms with E-state index in [2.05, 4.69) is 34.5 Å². The lowest BCUT2D eigenvalue weighted by Crippen LogP contribution is -2.76. The van der Waals surface area contributed by atoms with Crippen molar-refractivity contribution in [2.45, 2.75) is 55.5 Å². The van der Waals surface area contributed by atoms with Crippen molar-refractivity contribution in [3.05, 3.63) is 29.8 Å². The number of carbonyl (C=O) groups is 1. The van der Waals surface area contributed by atoms with Gasteiger partial charge in [0, 0.05) is 23.6 Å². The highest BCUT2D eigenvalue weighted by molar-refractivity contribution is 6.00. The molecule has 1 N–H and O–H groups in total. The van der Waals surface area contributed by atoms with E-state index in [-0.39, 0.29) is 16.4 Å². The summed E-state index contributed by atoms with van der Waals surface area (Å²) in [5, 5.41) is 3.76. The van der Waals surface area contributed by atoms with Crippen molar-refractivity contribution in [1.29, 1.82) is 0 Å². The van der Waals surface area contributed by atoms with Gasteiger partial charge in [0.25, 0.3) is 0 Å². The number of ketones is 1. The normalized spacial score (nSPS) is 47.8. The maximum atomic E-state index is 13.3. The van der Waals surface area contributed by atoms with Gasteiger partial charge in [0.1, 0.15) is 5.54 Å². The zero-order chi connectivity index (χ0) is 14.6. The molecule has 6 aliphatic rings. The number of nitrogens with one attached hydrogen (secondary N) is 1. The van der Waals surface area contributed by atoms with E-state index in [0.717, 1.165) is 19.3 Å². The van der Waals surface area contributed by atoms with Crippen molar-refractivity contribution in [2.75, 3.05) is 18.4 Å². The fourth-order valence-electron chi connectivity index (χ4n) is 7.29. The van der Waals surface area contributed by atoms with Crippen LogP contribution in [0.1, 0.15) is 44.1 Å². The van der Waals surface area contributed by atoms with E-state index >= 15 is 0 Å². The molecular formula is C19H22N2O. The quantitative estimate of drug-likeness (QED) is 0.798. The zero-order valence-electron chi connectivity index (χ0n) is 12.9. The molecule has 4 atom stereocenters. The molecule has 3 aliphatic heterocycles. The van der Waals surface area contributed by atoms with Gasteiger partial charge in [0.2, 0.25) is 0 Å². The third-order valence-electron chi connectivity index (χ3n) is 7.83. The van der Waals surface area contributed by atoms with Crippen LogP contribution in [-0.4, -0.2) is 35.4 Å². The summed E-state index contributed by atoms with van der Waals surface area (Å²) in [7, 11) is 0. The van der Waals surface area contributed by atoms with Crippen LogP contribution in [0.4, 0.5) is 5.69 Å². The maximum Gasteiger partial charge on any atom is 0.159 e. The SMILES string of the molecule is O=C1CC23CCCN4CC[C@@]5(c6ccccc6NC15CC2)[C@@H]43. The van der Waals surface area contributed by atoms with Crippen LogP contribution < -0.4 is 5.32 Å². The first-order chi connectivity index (χ1) is 10.7. The Morgan fingerprint density at radius 3 is 2.91 bits per heavy atom. The van der Waals surface area contributed by atoms with Gasteiger partial charge in [-0.3, -0.25) is 9.69 Å². The lowest BCUT2D eigenvalue weighted by molar-refractivity contribution is -0.152. The van der Waals surface area contributed by atoms with E-state index in [9.17, 15) is 4.79 Å². The number of nitrogens with zero attached hydrogens (tertiary/aromatic N) is 1. The van der Waals surface area contributed by atoms with Crippen LogP contribution in [0.3, 0.4) is 0 Å². The van der Waals surface area contributed by atoms with Gasteiger partial charge in [-0.15, -0.1) is 0 Å². The fourth-order valence-corrected chi connectivity index (χ4v) is 7.29. The smallest absolute Gasteiger partial charge is 0.159 e. The van der Waals surface area contributed by atoms with Crippen LogP contribution in [0, 0.1) is 5.41 Å².